The van der Waals surface area contributed by atoms with Crippen LogP contribution in [0.25, 0.3) is 10.9 Å². The number of halogens is 1. The number of benzene rings is 1. The van der Waals surface area contributed by atoms with E-state index < -0.39 is 0 Å². The van der Waals surface area contributed by atoms with Gasteiger partial charge in [0.25, 0.3) is 0 Å². The monoisotopic (exact) mass is 302 g/mol. The zero-order valence-corrected chi connectivity index (χ0v) is 13.8. The number of piperidine rings is 1. The summed E-state index contributed by atoms with van der Waals surface area (Å²) < 4.78 is 2.28. The summed E-state index contributed by atoms with van der Waals surface area (Å²) in [4.78, 5) is 2.55. The average molecular weight is 303 g/mol. The van der Waals surface area contributed by atoms with E-state index in [2.05, 4.69) is 54.9 Å². The smallest absolute Gasteiger partial charge is 0.0483 e. The molecule has 1 aromatic heterocycles. The molecule has 1 aliphatic carbocycles. The molecule has 112 valence electrons. The molecule has 3 heteroatoms. The second-order valence-electron chi connectivity index (χ2n) is 7.00. The molecule has 2 aliphatic rings. The first-order valence-corrected chi connectivity index (χ1v) is 8.41. The first-order valence-electron chi connectivity index (χ1n) is 7.97. The third-order valence-electron chi connectivity index (χ3n) is 5.71. The molecular weight excluding hydrogens is 280 g/mol. The Hall–Kier alpha value is -0.990. The van der Waals surface area contributed by atoms with Crippen LogP contribution in [0.1, 0.15) is 30.4 Å². The van der Waals surface area contributed by atoms with Crippen molar-refractivity contribution in [3.8, 4) is 0 Å². The predicted octanol–water partition coefficient (Wildman–Crippen LogP) is 3.77. The number of hydrogen-bond acceptors (Lipinski definition) is 1. The minimum absolute atomic E-state index is 0.254. The minimum Gasteiger partial charge on any atom is -0.350 e. The third-order valence-corrected chi connectivity index (χ3v) is 6.07. The molecular formula is C18H23ClN2. The molecule has 1 aliphatic heterocycles. The number of hydrogen-bond donors (Lipinski definition) is 0. The van der Waals surface area contributed by atoms with Crippen molar-refractivity contribution in [1.82, 2.24) is 9.47 Å². The summed E-state index contributed by atoms with van der Waals surface area (Å²) in [7, 11) is 4.44. The van der Waals surface area contributed by atoms with E-state index in [9.17, 15) is 0 Å². The van der Waals surface area contributed by atoms with Crippen LogP contribution < -0.4 is 0 Å². The summed E-state index contributed by atoms with van der Waals surface area (Å²) in [5, 5.41) is 1.77. The van der Waals surface area contributed by atoms with Crippen LogP contribution >= 0.6 is 11.6 Å². The van der Waals surface area contributed by atoms with Crippen molar-refractivity contribution in [3.05, 3.63) is 35.5 Å². The minimum atomic E-state index is 0.254. The van der Waals surface area contributed by atoms with E-state index in [4.69, 9.17) is 11.6 Å². The zero-order chi connectivity index (χ0) is 14.7. The topological polar surface area (TPSA) is 8.17 Å². The molecule has 0 radical (unpaired) electrons. The van der Waals surface area contributed by atoms with Gasteiger partial charge in [0.1, 0.15) is 0 Å². The Kier molecular flexibility index (Phi) is 3.09. The molecule has 21 heavy (non-hydrogen) atoms. The van der Waals surface area contributed by atoms with Gasteiger partial charge in [-0.2, -0.15) is 0 Å². The Morgan fingerprint density at radius 2 is 2.10 bits per heavy atom. The molecule has 2 nitrogen and oxygen atoms in total. The lowest BCUT2D eigenvalue weighted by atomic mass is 9.72. The Balaban J connectivity index is 1.85. The molecule has 0 bridgehead atoms. The third kappa shape index (κ3) is 1.96. The van der Waals surface area contributed by atoms with Gasteiger partial charge in [-0.15, -0.1) is 11.6 Å². The Morgan fingerprint density at radius 3 is 2.86 bits per heavy atom. The maximum atomic E-state index is 6.43. The van der Waals surface area contributed by atoms with Crippen LogP contribution in [0.15, 0.2) is 24.4 Å². The summed E-state index contributed by atoms with van der Waals surface area (Å²) in [5.41, 5.74) is 4.45. The number of nitrogens with zero attached hydrogens (tertiary/aromatic N) is 2. The van der Waals surface area contributed by atoms with Crippen molar-refractivity contribution in [3.63, 3.8) is 0 Å². The highest BCUT2D eigenvalue weighted by Crippen LogP contribution is 2.45. The summed E-state index contributed by atoms with van der Waals surface area (Å²) in [6.45, 7) is 3.28. The molecule has 1 unspecified atom stereocenters. The van der Waals surface area contributed by atoms with Gasteiger partial charge < -0.3 is 9.47 Å². The lowest BCUT2D eigenvalue weighted by Gasteiger charge is -2.46. The van der Waals surface area contributed by atoms with Crippen LogP contribution in [-0.2, 0) is 13.5 Å². The van der Waals surface area contributed by atoms with Crippen molar-refractivity contribution in [1.29, 1.82) is 0 Å². The molecule has 1 fully saturated rings. The number of rotatable bonds is 1. The van der Waals surface area contributed by atoms with Gasteiger partial charge in [0.05, 0.1) is 0 Å². The van der Waals surface area contributed by atoms with E-state index in [1.54, 1.807) is 5.56 Å². The standard InChI is InChI=1S/C18H23ClN2/c1-11(19)12-7-15-14-5-4-6-16-18(14)13(10-20(16)2)8-17(15)21(3)9-12/h4-6,10-12,15,17H,7-9H2,1-3H3/t11?,12-,15-,17-/m1/s1. The molecule has 1 aromatic carbocycles. The lowest BCUT2D eigenvalue weighted by Crippen LogP contribution is -2.49. The normalized spacial score (nSPS) is 30.4. The Labute approximate surface area is 131 Å². The van der Waals surface area contributed by atoms with Gasteiger partial charge in [-0.05, 0) is 49.9 Å². The molecule has 4 rings (SSSR count). The molecule has 0 amide bonds. The molecule has 2 heterocycles. The van der Waals surface area contributed by atoms with Crippen LogP contribution in [-0.4, -0.2) is 34.5 Å². The number of fused-ring (bicyclic) bond motifs is 2. The van der Waals surface area contributed by atoms with Crippen LogP contribution in [0.5, 0.6) is 0 Å². The van der Waals surface area contributed by atoms with Crippen molar-refractivity contribution in [2.24, 2.45) is 13.0 Å². The fourth-order valence-corrected chi connectivity index (χ4v) is 4.78. The van der Waals surface area contributed by atoms with E-state index in [0.29, 0.717) is 17.9 Å². The largest absolute Gasteiger partial charge is 0.350 e. The summed E-state index contributed by atoms with van der Waals surface area (Å²) in [5.74, 6) is 1.23. The molecule has 2 aromatic rings. The highest BCUT2D eigenvalue weighted by molar-refractivity contribution is 6.20. The van der Waals surface area contributed by atoms with Gasteiger partial charge in [0, 0.05) is 48.0 Å². The Morgan fingerprint density at radius 1 is 1.29 bits per heavy atom. The number of likely N-dealkylation sites (N-methyl/N-ethyl adjacent to an activating group) is 1. The second kappa shape index (κ2) is 4.76. The van der Waals surface area contributed by atoms with Crippen molar-refractivity contribution in [2.75, 3.05) is 13.6 Å². The van der Waals surface area contributed by atoms with Gasteiger partial charge in [0.2, 0.25) is 0 Å². The first-order chi connectivity index (χ1) is 10.1. The zero-order valence-electron chi connectivity index (χ0n) is 13.0. The maximum absolute atomic E-state index is 6.43. The highest BCUT2D eigenvalue weighted by atomic mass is 35.5. The van der Waals surface area contributed by atoms with Gasteiger partial charge in [-0.1, -0.05) is 12.1 Å². The number of likely N-dealkylation sites (tertiary alicyclic amines) is 1. The van der Waals surface area contributed by atoms with Gasteiger partial charge in [-0.25, -0.2) is 0 Å². The van der Waals surface area contributed by atoms with Gasteiger partial charge in [-0.3, -0.25) is 0 Å². The fourth-order valence-electron chi connectivity index (χ4n) is 4.59. The van der Waals surface area contributed by atoms with Crippen molar-refractivity contribution < 1.29 is 0 Å². The maximum Gasteiger partial charge on any atom is 0.0483 e. The van der Waals surface area contributed by atoms with E-state index in [-0.39, 0.29) is 5.38 Å². The Bertz CT molecular complexity index is 688. The highest BCUT2D eigenvalue weighted by Gasteiger charge is 2.40. The number of alkyl halides is 1. The average Bonchev–Trinajstić information content (AvgIpc) is 2.78. The SMILES string of the molecule is CC(Cl)[C@@H]1C[C@@H]2c3cccc4c3c(cn4C)C[C@H]2N(C)C1. The van der Waals surface area contributed by atoms with Crippen LogP contribution in [0.3, 0.4) is 0 Å². The van der Waals surface area contributed by atoms with Gasteiger partial charge in [0.15, 0.2) is 0 Å². The second-order valence-corrected chi connectivity index (χ2v) is 7.69. The predicted molar refractivity (Wildman–Crippen MR) is 89.2 cm³/mol. The summed E-state index contributed by atoms with van der Waals surface area (Å²) in [6.07, 6.45) is 4.74. The number of aryl methyl sites for hydroxylation is 1. The van der Waals surface area contributed by atoms with Crippen molar-refractivity contribution in [2.45, 2.75) is 37.1 Å². The fraction of sp³-hybridized carbons (Fsp3) is 0.556. The summed E-state index contributed by atoms with van der Waals surface area (Å²) >= 11 is 6.43. The number of aromatic nitrogens is 1. The molecule has 0 saturated carbocycles. The molecule has 4 atom stereocenters. The van der Waals surface area contributed by atoms with E-state index in [1.807, 2.05) is 0 Å². The van der Waals surface area contributed by atoms with E-state index in [1.165, 1.54) is 29.3 Å². The van der Waals surface area contributed by atoms with E-state index in [0.717, 1.165) is 6.54 Å². The lowest BCUT2D eigenvalue weighted by molar-refractivity contribution is 0.111. The molecule has 1 saturated heterocycles. The van der Waals surface area contributed by atoms with Crippen LogP contribution in [0.2, 0.25) is 0 Å². The van der Waals surface area contributed by atoms with Crippen LogP contribution in [0.4, 0.5) is 0 Å². The quantitative estimate of drug-likeness (QED) is 0.728. The molecule has 0 spiro atoms. The van der Waals surface area contributed by atoms with Gasteiger partial charge >= 0.3 is 0 Å². The first kappa shape index (κ1) is 13.7. The van der Waals surface area contributed by atoms with E-state index >= 15 is 0 Å². The van der Waals surface area contributed by atoms with Crippen molar-refractivity contribution >= 4 is 22.5 Å². The summed E-state index contributed by atoms with van der Waals surface area (Å²) in [6, 6.07) is 7.45. The molecule has 0 N–H and O–H groups in total. The van der Waals surface area contributed by atoms with Crippen LogP contribution in [0, 0.1) is 5.92 Å².